The predicted molar refractivity (Wildman–Crippen MR) is 55.7 cm³/mol. The second kappa shape index (κ2) is 5.81. The summed E-state index contributed by atoms with van der Waals surface area (Å²) in [4.78, 5) is 15.2. The molecule has 80 valence electrons. The van der Waals surface area contributed by atoms with E-state index in [4.69, 9.17) is 6.42 Å². The van der Waals surface area contributed by atoms with Gasteiger partial charge in [0.25, 0.3) is 0 Å². The maximum Gasteiger partial charge on any atom is 0.242 e. The fourth-order valence-electron chi connectivity index (χ4n) is 1.17. The minimum atomic E-state index is -0.0948. The second-order valence-electron chi connectivity index (χ2n) is 3.17. The van der Waals surface area contributed by atoms with E-state index in [-0.39, 0.29) is 18.5 Å². The van der Waals surface area contributed by atoms with Crippen LogP contribution in [-0.4, -0.2) is 26.7 Å². The number of rotatable bonds is 5. The molecule has 0 saturated carbocycles. The van der Waals surface area contributed by atoms with E-state index in [2.05, 4.69) is 21.3 Å². The van der Waals surface area contributed by atoms with Gasteiger partial charge in [0.2, 0.25) is 5.91 Å². The molecule has 5 heteroatoms. The van der Waals surface area contributed by atoms with Crippen LogP contribution in [0.4, 0.5) is 0 Å². The predicted octanol–water partition coefficient (Wildman–Crippen LogP) is 0.196. The SMILES string of the molecule is C#CCC(CC)NC(=O)Cn1cncn1. The Hall–Kier alpha value is -1.83. The van der Waals surface area contributed by atoms with Crippen molar-refractivity contribution in [3.8, 4) is 12.3 Å². The highest BCUT2D eigenvalue weighted by molar-refractivity contribution is 5.75. The maximum absolute atomic E-state index is 11.5. The Bertz CT molecular complexity index is 339. The largest absolute Gasteiger partial charge is 0.351 e. The summed E-state index contributed by atoms with van der Waals surface area (Å²) < 4.78 is 1.47. The third-order valence-corrected chi connectivity index (χ3v) is 1.99. The molecular weight excluding hydrogens is 192 g/mol. The van der Waals surface area contributed by atoms with Crippen LogP contribution in [0.1, 0.15) is 19.8 Å². The third-order valence-electron chi connectivity index (χ3n) is 1.99. The van der Waals surface area contributed by atoms with Crippen LogP contribution >= 0.6 is 0 Å². The number of carbonyl (C=O) groups is 1. The summed E-state index contributed by atoms with van der Waals surface area (Å²) in [6, 6.07) is 0.0472. The molecule has 1 unspecified atom stereocenters. The van der Waals surface area contributed by atoms with E-state index in [1.807, 2.05) is 6.92 Å². The topological polar surface area (TPSA) is 59.8 Å². The molecule has 1 aromatic rings. The molecule has 15 heavy (non-hydrogen) atoms. The van der Waals surface area contributed by atoms with Crippen molar-refractivity contribution in [2.45, 2.75) is 32.4 Å². The lowest BCUT2D eigenvalue weighted by atomic mass is 10.1. The lowest BCUT2D eigenvalue weighted by Crippen LogP contribution is -2.36. The maximum atomic E-state index is 11.5. The minimum absolute atomic E-state index is 0.0472. The summed E-state index contributed by atoms with van der Waals surface area (Å²) in [6.07, 6.45) is 9.47. The Balaban J connectivity index is 2.38. The van der Waals surface area contributed by atoms with E-state index in [1.54, 1.807) is 0 Å². The smallest absolute Gasteiger partial charge is 0.242 e. The van der Waals surface area contributed by atoms with E-state index < -0.39 is 0 Å². The molecule has 0 aliphatic rings. The lowest BCUT2D eigenvalue weighted by Gasteiger charge is -2.13. The van der Waals surface area contributed by atoms with Gasteiger partial charge in [-0.2, -0.15) is 5.10 Å². The summed E-state index contributed by atoms with van der Waals surface area (Å²) in [5.74, 6) is 2.44. The molecule has 0 aliphatic carbocycles. The van der Waals surface area contributed by atoms with E-state index >= 15 is 0 Å². The summed E-state index contributed by atoms with van der Waals surface area (Å²) in [5.41, 5.74) is 0. The number of aromatic nitrogens is 3. The van der Waals surface area contributed by atoms with Gasteiger partial charge in [0.05, 0.1) is 0 Å². The molecule has 0 fully saturated rings. The van der Waals surface area contributed by atoms with Gasteiger partial charge in [-0.15, -0.1) is 12.3 Å². The van der Waals surface area contributed by atoms with Gasteiger partial charge in [-0.1, -0.05) is 6.92 Å². The van der Waals surface area contributed by atoms with Crippen molar-refractivity contribution in [2.24, 2.45) is 0 Å². The highest BCUT2D eigenvalue weighted by atomic mass is 16.2. The van der Waals surface area contributed by atoms with Gasteiger partial charge in [-0.05, 0) is 6.42 Å². The molecule has 0 aliphatic heterocycles. The Kier molecular flexibility index (Phi) is 4.35. The fraction of sp³-hybridized carbons (Fsp3) is 0.500. The molecule has 0 aromatic carbocycles. The highest BCUT2D eigenvalue weighted by Gasteiger charge is 2.09. The zero-order chi connectivity index (χ0) is 11.1. The molecule has 1 rings (SSSR count). The van der Waals surface area contributed by atoms with Crippen molar-refractivity contribution in [1.82, 2.24) is 20.1 Å². The van der Waals surface area contributed by atoms with E-state index in [0.29, 0.717) is 6.42 Å². The lowest BCUT2D eigenvalue weighted by molar-refractivity contribution is -0.122. The Morgan fingerprint density at radius 2 is 2.53 bits per heavy atom. The van der Waals surface area contributed by atoms with Gasteiger partial charge in [0, 0.05) is 12.5 Å². The van der Waals surface area contributed by atoms with Crippen molar-refractivity contribution in [2.75, 3.05) is 0 Å². The first-order chi connectivity index (χ1) is 7.26. The average Bonchev–Trinajstić information content (AvgIpc) is 2.69. The van der Waals surface area contributed by atoms with Crippen LogP contribution in [-0.2, 0) is 11.3 Å². The van der Waals surface area contributed by atoms with Crippen LogP contribution in [0.3, 0.4) is 0 Å². The molecule has 1 amide bonds. The highest BCUT2D eigenvalue weighted by Crippen LogP contribution is 1.96. The normalized spacial score (nSPS) is 11.7. The summed E-state index contributed by atoms with van der Waals surface area (Å²) in [5, 5.41) is 6.68. The first-order valence-corrected chi connectivity index (χ1v) is 4.81. The van der Waals surface area contributed by atoms with Crippen LogP contribution in [0.5, 0.6) is 0 Å². The number of hydrogen-bond donors (Lipinski definition) is 1. The van der Waals surface area contributed by atoms with Gasteiger partial charge in [0.15, 0.2) is 0 Å². The van der Waals surface area contributed by atoms with E-state index in [1.165, 1.54) is 17.3 Å². The van der Waals surface area contributed by atoms with Crippen molar-refractivity contribution in [1.29, 1.82) is 0 Å². The zero-order valence-corrected chi connectivity index (χ0v) is 8.68. The van der Waals surface area contributed by atoms with Crippen molar-refractivity contribution >= 4 is 5.91 Å². The van der Waals surface area contributed by atoms with Gasteiger partial charge in [-0.3, -0.25) is 4.79 Å². The number of carbonyl (C=O) groups excluding carboxylic acids is 1. The zero-order valence-electron chi connectivity index (χ0n) is 8.68. The van der Waals surface area contributed by atoms with E-state index in [0.717, 1.165) is 6.42 Å². The summed E-state index contributed by atoms with van der Waals surface area (Å²) in [6.45, 7) is 2.17. The van der Waals surface area contributed by atoms with Crippen LogP contribution in [0, 0.1) is 12.3 Å². The van der Waals surface area contributed by atoms with Gasteiger partial charge < -0.3 is 5.32 Å². The van der Waals surface area contributed by atoms with Crippen molar-refractivity contribution in [3.63, 3.8) is 0 Å². The number of terminal acetylenes is 1. The number of amides is 1. The van der Waals surface area contributed by atoms with Crippen LogP contribution < -0.4 is 5.32 Å². The van der Waals surface area contributed by atoms with Gasteiger partial charge in [0.1, 0.15) is 19.2 Å². The number of hydrogen-bond acceptors (Lipinski definition) is 3. The quantitative estimate of drug-likeness (QED) is 0.700. The monoisotopic (exact) mass is 206 g/mol. The van der Waals surface area contributed by atoms with Crippen LogP contribution in [0.25, 0.3) is 0 Å². The summed E-state index contributed by atoms with van der Waals surface area (Å²) in [7, 11) is 0. The van der Waals surface area contributed by atoms with Crippen molar-refractivity contribution < 1.29 is 4.79 Å². The van der Waals surface area contributed by atoms with Crippen LogP contribution in [0.2, 0.25) is 0 Å². The number of nitrogens with zero attached hydrogens (tertiary/aromatic N) is 3. The van der Waals surface area contributed by atoms with Crippen LogP contribution in [0.15, 0.2) is 12.7 Å². The van der Waals surface area contributed by atoms with Crippen molar-refractivity contribution in [3.05, 3.63) is 12.7 Å². The molecule has 1 atom stereocenters. The molecule has 1 N–H and O–H groups in total. The van der Waals surface area contributed by atoms with Gasteiger partial charge in [-0.25, -0.2) is 9.67 Å². The first-order valence-electron chi connectivity index (χ1n) is 4.81. The molecule has 0 bridgehead atoms. The fourth-order valence-corrected chi connectivity index (χ4v) is 1.17. The Morgan fingerprint density at radius 1 is 1.73 bits per heavy atom. The number of nitrogens with one attached hydrogen (secondary N) is 1. The molecule has 1 heterocycles. The molecule has 0 radical (unpaired) electrons. The third kappa shape index (κ3) is 3.81. The standard InChI is InChI=1S/C10H14N4O/c1-3-5-9(4-2)13-10(15)6-14-8-11-7-12-14/h1,7-9H,4-6H2,2H3,(H,13,15). The van der Waals surface area contributed by atoms with Gasteiger partial charge >= 0.3 is 0 Å². The molecule has 0 saturated heterocycles. The Labute approximate surface area is 88.9 Å². The molecule has 5 nitrogen and oxygen atoms in total. The minimum Gasteiger partial charge on any atom is -0.351 e. The molecule has 1 aromatic heterocycles. The average molecular weight is 206 g/mol. The summed E-state index contributed by atoms with van der Waals surface area (Å²) >= 11 is 0. The molecular formula is C10H14N4O. The Morgan fingerprint density at radius 3 is 3.07 bits per heavy atom. The first kappa shape index (κ1) is 11.2. The second-order valence-corrected chi connectivity index (χ2v) is 3.17. The molecule has 0 spiro atoms. The van der Waals surface area contributed by atoms with E-state index in [9.17, 15) is 4.79 Å².